The maximum atomic E-state index is 7.00. The molecule has 0 atom stereocenters. The van der Waals surface area contributed by atoms with E-state index in [-0.39, 0.29) is 19.5 Å². The van der Waals surface area contributed by atoms with Crippen LogP contribution in [0.2, 0.25) is 0 Å². The SMILES string of the molecule is CO.CO.[Zn]. The van der Waals surface area contributed by atoms with Gasteiger partial charge in [-0.1, -0.05) is 0 Å². The van der Waals surface area contributed by atoms with Crippen LogP contribution in [0.1, 0.15) is 0 Å². The second-order valence-electron chi connectivity index (χ2n) is 0. The van der Waals surface area contributed by atoms with Crippen molar-refractivity contribution in [2.24, 2.45) is 0 Å². The maximum absolute atomic E-state index is 7.00. The van der Waals surface area contributed by atoms with Crippen molar-refractivity contribution in [1.82, 2.24) is 0 Å². The first-order valence-corrected chi connectivity index (χ1v) is 0.894. The van der Waals surface area contributed by atoms with E-state index in [1.807, 2.05) is 0 Å². The number of aliphatic hydroxyl groups is 2. The summed E-state index contributed by atoms with van der Waals surface area (Å²) in [5.41, 5.74) is 0. The van der Waals surface area contributed by atoms with E-state index >= 15 is 0 Å². The van der Waals surface area contributed by atoms with Gasteiger partial charge in [-0.25, -0.2) is 0 Å². The summed E-state index contributed by atoms with van der Waals surface area (Å²) in [7, 11) is 2.00. The van der Waals surface area contributed by atoms with Gasteiger partial charge in [0.15, 0.2) is 0 Å². The predicted molar refractivity (Wildman–Crippen MR) is 16.3 cm³/mol. The summed E-state index contributed by atoms with van der Waals surface area (Å²) in [6.45, 7) is 0. The summed E-state index contributed by atoms with van der Waals surface area (Å²) in [6.07, 6.45) is 0. The molecule has 5 heavy (non-hydrogen) atoms. The van der Waals surface area contributed by atoms with Crippen LogP contribution in [0.4, 0.5) is 0 Å². The van der Waals surface area contributed by atoms with Gasteiger partial charge in [-0.15, -0.1) is 0 Å². The van der Waals surface area contributed by atoms with Gasteiger partial charge in [-0.05, 0) is 0 Å². The van der Waals surface area contributed by atoms with Crippen LogP contribution >= 0.6 is 0 Å². The van der Waals surface area contributed by atoms with Crippen molar-refractivity contribution < 1.29 is 29.7 Å². The van der Waals surface area contributed by atoms with E-state index in [2.05, 4.69) is 0 Å². The number of hydrogen-bond donors (Lipinski definition) is 2. The van der Waals surface area contributed by atoms with Crippen LogP contribution in [0.15, 0.2) is 0 Å². The fourth-order valence-electron chi connectivity index (χ4n) is 0. The Balaban J connectivity index is -0.0000000133. The fraction of sp³-hybridized carbons (Fsp3) is 1.00. The van der Waals surface area contributed by atoms with Crippen LogP contribution in [0.5, 0.6) is 0 Å². The second-order valence-corrected chi connectivity index (χ2v) is 0. The van der Waals surface area contributed by atoms with Crippen molar-refractivity contribution in [3.05, 3.63) is 0 Å². The minimum atomic E-state index is 0. The summed E-state index contributed by atoms with van der Waals surface area (Å²) in [5, 5.41) is 14.0. The first kappa shape index (κ1) is 17.7. The van der Waals surface area contributed by atoms with Gasteiger partial charge >= 0.3 is 0 Å². The standard InChI is InChI=1S/2CH4O.Zn/c2*1-2;/h2*2H,1H3;. The van der Waals surface area contributed by atoms with Crippen molar-refractivity contribution in [1.29, 1.82) is 0 Å². The molecule has 0 rings (SSSR count). The van der Waals surface area contributed by atoms with Gasteiger partial charge < -0.3 is 10.2 Å². The molecule has 0 saturated carbocycles. The quantitative estimate of drug-likeness (QED) is 0.421. The molecule has 0 amide bonds. The normalized spacial score (nSPS) is 2.40. The van der Waals surface area contributed by atoms with Crippen LogP contribution in [-0.2, 0) is 19.5 Å². The Bertz CT molecular complexity index is 7.61. The Morgan fingerprint density at radius 1 is 0.800 bits per heavy atom. The molecule has 0 spiro atoms. The number of rotatable bonds is 0. The van der Waals surface area contributed by atoms with E-state index in [0.29, 0.717) is 0 Å². The fourth-order valence-corrected chi connectivity index (χ4v) is 0. The Morgan fingerprint density at radius 3 is 0.800 bits per heavy atom. The van der Waals surface area contributed by atoms with Crippen LogP contribution in [0.3, 0.4) is 0 Å². The minimum Gasteiger partial charge on any atom is -0.400 e. The Kier molecular flexibility index (Phi) is 684. The van der Waals surface area contributed by atoms with E-state index in [4.69, 9.17) is 10.2 Å². The molecule has 0 unspecified atom stereocenters. The third kappa shape index (κ3) is 99.5. The number of hydrogen-bond acceptors (Lipinski definition) is 2. The van der Waals surface area contributed by atoms with Crippen molar-refractivity contribution in [2.45, 2.75) is 0 Å². The summed E-state index contributed by atoms with van der Waals surface area (Å²) < 4.78 is 0. The van der Waals surface area contributed by atoms with Gasteiger partial charge in [0.2, 0.25) is 0 Å². The summed E-state index contributed by atoms with van der Waals surface area (Å²) >= 11 is 0. The molecule has 0 aliphatic heterocycles. The molecule has 3 heteroatoms. The zero-order chi connectivity index (χ0) is 4.00. The molecule has 2 N–H and O–H groups in total. The molecule has 0 aromatic heterocycles. The summed E-state index contributed by atoms with van der Waals surface area (Å²) in [4.78, 5) is 0. The third-order valence-corrected chi connectivity index (χ3v) is 0. The van der Waals surface area contributed by atoms with E-state index in [1.54, 1.807) is 0 Å². The average Bonchev–Trinajstić information content (AvgIpc) is 1.50. The first-order chi connectivity index (χ1) is 2.00. The summed E-state index contributed by atoms with van der Waals surface area (Å²) in [6, 6.07) is 0. The molecule has 0 bridgehead atoms. The van der Waals surface area contributed by atoms with Crippen molar-refractivity contribution >= 4 is 0 Å². The Labute approximate surface area is 44.6 Å². The molecule has 0 aliphatic rings. The predicted octanol–water partition coefficient (Wildman–Crippen LogP) is -0.786. The molecule has 0 aromatic carbocycles. The van der Waals surface area contributed by atoms with Gasteiger partial charge in [0.1, 0.15) is 0 Å². The third-order valence-electron chi connectivity index (χ3n) is 0. The average molecular weight is 129 g/mol. The number of aliphatic hydroxyl groups excluding tert-OH is 2. The Morgan fingerprint density at radius 2 is 0.800 bits per heavy atom. The van der Waals surface area contributed by atoms with Gasteiger partial charge in [0.05, 0.1) is 0 Å². The molecular weight excluding hydrogens is 121 g/mol. The topological polar surface area (TPSA) is 40.5 Å². The maximum Gasteiger partial charge on any atom is 0.0319 e. The largest absolute Gasteiger partial charge is 0.400 e. The van der Waals surface area contributed by atoms with E-state index in [1.165, 1.54) is 0 Å². The molecule has 0 heterocycles. The zero-order valence-electron chi connectivity index (χ0n) is 3.60. The molecule has 0 saturated heterocycles. The van der Waals surface area contributed by atoms with E-state index in [9.17, 15) is 0 Å². The van der Waals surface area contributed by atoms with Crippen LogP contribution in [-0.4, -0.2) is 24.4 Å². The molecule has 0 aliphatic carbocycles. The van der Waals surface area contributed by atoms with Crippen molar-refractivity contribution in [3.63, 3.8) is 0 Å². The smallest absolute Gasteiger partial charge is 0.0319 e. The Hall–Kier alpha value is 0.543. The van der Waals surface area contributed by atoms with Gasteiger partial charge in [-0.2, -0.15) is 0 Å². The monoisotopic (exact) mass is 128 g/mol. The zero-order valence-corrected chi connectivity index (χ0v) is 6.57. The van der Waals surface area contributed by atoms with Gasteiger partial charge in [0, 0.05) is 33.7 Å². The molecule has 30 valence electrons. The molecule has 0 fully saturated rings. The van der Waals surface area contributed by atoms with E-state index < -0.39 is 0 Å². The molecule has 0 radical (unpaired) electrons. The van der Waals surface area contributed by atoms with Crippen molar-refractivity contribution in [2.75, 3.05) is 14.2 Å². The molecule has 0 aromatic rings. The van der Waals surface area contributed by atoms with E-state index in [0.717, 1.165) is 14.2 Å². The van der Waals surface area contributed by atoms with Gasteiger partial charge in [-0.3, -0.25) is 0 Å². The van der Waals surface area contributed by atoms with Gasteiger partial charge in [0.25, 0.3) is 0 Å². The summed E-state index contributed by atoms with van der Waals surface area (Å²) in [5.74, 6) is 0. The second kappa shape index (κ2) is 193. The van der Waals surface area contributed by atoms with Crippen LogP contribution < -0.4 is 0 Å². The van der Waals surface area contributed by atoms with Crippen molar-refractivity contribution in [3.8, 4) is 0 Å². The first-order valence-electron chi connectivity index (χ1n) is 0.894. The molecular formula is C2H8O2Zn. The molecule has 2 nitrogen and oxygen atoms in total. The van der Waals surface area contributed by atoms with Crippen LogP contribution in [0.25, 0.3) is 0 Å². The minimum absolute atomic E-state index is 0. The van der Waals surface area contributed by atoms with Crippen LogP contribution in [0, 0.1) is 0 Å².